The van der Waals surface area contributed by atoms with E-state index >= 15 is 0 Å². The molecule has 0 aliphatic carbocycles. The number of benzene rings is 2. The summed E-state index contributed by atoms with van der Waals surface area (Å²) in [5, 5.41) is 3.29. The lowest BCUT2D eigenvalue weighted by molar-refractivity contribution is 0.619. The summed E-state index contributed by atoms with van der Waals surface area (Å²) in [6, 6.07) is 12.7. The van der Waals surface area contributed by atoms with Crippen molar-refractivity contribution >= 4 is 28.7 Å². The maximum Gasteiger partial charge on any atom is 0.189 e. The van der Waals surface area contributed by atoms with Gasteiger partial charge in [0.1, 0.15) is 5.82 Å². The minimum Gasteiger partial charge on any atom is -0.331 e. The molecule has 0 heterocycles. The molecule has 0 aliphatic heterocycles. The van der Waals surface area contributed by atoms with Gasteiger partial charge in [-0.15, -0.1) is 0 Å². The Kier molecular flexibility index (Phi) is 4.53. The topological polar surface area (TPSA) is 36.1 Å². The molecule has 0 aliphatic rings. The number of hydrogen-bond donors (Lipinski definition) is 3. The summed E-state index contributed by atoms with van der Waals surface area (Å²) in [5.41, 5.74) is 9.13. The summed E-state index contributed by atoms with van der Waals surface area (Å²) < 4.78 is 13.4. The van der Waals surface area contributed by atoms with Crippen molar-refractivity contribution in [2.75, 3.05) is 10.7 Å². The smallest absolute Gasteiger partial charge is 0.189 e. The third-order valence-corrected chi connectivity index (χ3v) is 3.09. The lowest BCUT2D eigenvalue weighted by atomic mass is 10.2. The molecule has 20 heavy (non-hydrogen) atoms. The van der Waals surface area contributed by atoms with E-state index in [0.717, 1.165) is 11.3 Å². The molecule has 2 aromatic carbocycles. The number of hydrazine groups is 1. The number of rotatable bonds is 3. The van der Waals surface area contributed by atoms with Crippen molar-refractivity contribution in [2.45, 2.75) is 13.8 Å². The number of halogens is 1. The van der Waals surface area contributed by atoms with E-state index in [1.165, 1.54) is 6.07 Å². The molecule has 0 saturated heterocycles. The minimum atomic E-state index is -0.260. The van der Waals surface area contributed by atoms with Crippen molar-refractivity contribution in [1.29, 1.82) is 0 Å². The summed E-state index contributed by atoms with van der Waals surface area (Å²) in [6.45, 7) is 3.71. The van der Waals surface area contributed by atoms with Crippen molar-refractivity contribution in [3.63, 3.8) is 0 Å². The first-order chi connectivity index (χ1) is 9.56. The van der Waals surface area contributed by atoms with Crippen LogP contribution < -0.4 is 16.2 Å². The van der Waals surface area contributed by atoms with Crippen LogP contribution in [0.15, 0.2) is 42.5 Å². The van der Waals surface area contributed by atoms with Gasteiger partial charge in [-0.2, -0.15) is 0 Å². The molecule has 0 unspecified atom stereocenters. The van der Waals surface area contributed by atoms with Gasteiger partial charge in [-0.25, -0.2) is 4.39 Å². The molecule has 3 nitrogen and oxygen atoms in total. The highest BCUT2D eigenvalue weighted by Gasteiger charge is 2.02. The zero-order valence-corrected chi connectivity index (χ0v) is 12.1. The minimum absolute atomic E-state index is 0.260. The highest BCUT2D eigenvalue weighted by molar-refractivity contribution is 7.80. The molecule has 0 fully saturated rings. The molecule has 5 heteroatoms. The second-order valence-corrected chi connectivity index (χ2v) is 4.89. The van der Waals surface area contributed by atoms with Crippen LogP contribution in [0.3, 0.4) is 0 Å². The maximum absolute atomic E-state index is 13.4. The molecule has 0 radical (unpaired) electrons. The fourth-order valence-electron chi connectivity index (χ4n) is 1.67. The summed E-state index contributed by atoms with van der Waals surface area (Å²) in [4.78, 5) is 0. The predicted molar refractivity (Wildman–Crippen MR) is 85.3 cm³/mol. The first-order valence-electron chi connectivity index (χ1n) is 6.21. The van der Waals surface area contributed by atoms with E-state index in [9.17, 15) is 4.39 Å². The molecule has 104 valence electrons. The van der Waals surface area contributed by atoms with Crippen LogP contribution in [-0.2, 0) is 0 Å². The van der Waals surface area contributed by atoms with E-state index in [4.69, 9.17) is 12.2 Å². The van der Waals surface area contributed by atoms with E-state index < -0.39 is 0 Å². The SMILES string of the molecule is Cc1ccc(NC(=S)NNc2ccccc2C)cc1F. The Morgan fingerprint density at radius 2 is 1.80 bits per heavy atom. The zero-order chi connectivity index (χ0) is 14.5. The van der Waals surface area contributed by atoms with Gasteiger partial charge in [-0.3, -0.25) is 10.9 Å². The van der Waals surface area contributed by atoms with Crippen LogP contribution in [0.4, 0.5) is 15.8 Å². The molecule has 0 aromatic heterocycles. The average molecular weight is 289 g/mol. The van der Waals surface area contributed by atoms with Crippen LogP contribution in [0.25, 0.3) is 0 Å². The van der Waals surface area contributed by atoms with E-state index in [0.29, 0.717) is 16.4 Å². The standard InChI is InChI=1S/C15H16FN3S/c1-10-7-8-12(9-13(10)16)17-15(20)19-18-14-6-4-3-5-11(14)2/h3-9,18H,1-2H3,(H2,17,19,20). The van der Waals surface area contributed by atoms with Crippen LogP contribution >= 0.6 is 12.2 Å². The van der Waals surface area contributed by atoms with Crippen molar-refractivity contribution in [3.8, 4) is 0 Å². The first kappa shape index (κ1) is 14.3. The Hall–Kier alpha value is -2.14. The normalized spacial score (nSPS) is 9.95. The molecule has 2 aromatic rings. The maximum atomic E-state index is 13.4. The van der Waals surface area contributed by atoms with Gasteiger partial charge in [0.15, 0.2) is 5.11 Å². The Bertz CT molecular complexity index is 628. The number of para-hydroxylation sites is 1. The Morgan fingerprint density at radius 3 is 2.50 bits per heavy atom. The molecule has 2 rings (SSSR count). The highest BCUT2D eigenvalue weighted by Crippen LogP contribution is 2.14. The summed E-state index contributed by atoms with van der Waals surface area (Å²) in [6.07, 6.45) is 0. The summed E-state index contributed by atoms with van der Waals surface area (Å²) in [5.74, 6) is -0.260. The van der Waals surface area contributed by atoms with Gasteiger partial charge in [-0.05, 0) is 55.4 Å². The van der Waals surface area contributed by atoms with E-state index in [1.54, 1.807) is 19.1 Å². The monoisotopic (exact) mass is 289 g/mol. The number of hydrogen-bond acceptors (Lipinski definition) is 2. The molecule has 0 saturated carbocycles. The molecule has 0 bridgehead atoms. The van der Waals surface area contributed by atoms with Crippen LogP contribution in [0.5, 0.6) is 0 Å². The van der Waals surface area contributed by atoms with Gasteiger partial charge in [0.05, 0.1) is 5.69 Å². The highest BCUT2D eigenvalue weighted by atomic mass is 32.1. The number of anilines is 2. The number of thiocarbonyl (C=S) groups is 1. The molecule has 0 spiro atoms. The fourth-order valence-corrected chi connectivity index (χ4v) is 1.84. The van der Waals surface area contributed by atoms with E-state index in [2.05, 4.69) is 16.2 Å². The Balaban J connectivity index is 1.93. The van der Waals surface area contributed by atoms with E-state index in [-0.39, 0.29) is 5.82 Å². The first-order valence-corrected chi connectivity index (χ1v) is 6.62. The second kappa shape index (κ2) is 6.34. The van der Waals surface area contributed by atoms with Crippen molar-refractivity contribution in [1.82, 2.24) is 5.43 Å². The molecular formula is C15H16FN3S. The number of aryl methyl sites for hydroxylation is 2. The third kappa shape index (κ3) is 3.68. The quantitative estimate of drug-likeness (QED) is 0.594. The van der Waals surface area contributed by atoms with E-state index in [1.807, 2.05) is 31.2 Å². The van der Waals surface area contributed by atoms with Crippen molar-refractivity contribution in [2.24, 2.45) is 0 Å². The predicted octanol–water partition coefficient (Wildman–Crippen LogP) is 3.76. The van der Waals surface area contributed by atoms with Crippen LogP contribution in [0.2, 0.25) is 0 Å². The van der Waals surface area contributed by atoms with Crippen molar-refractivity contribution in [3.05, 3.63) is 59.4 Å². The van der Waals surface area contributed by atoms with Crippen LogP contribution in [0, 0.1) is 19.7 Å². The average Bonchev–Trinajstić information content (AvgIpc) is 2.42. The van der Waals surface area contributed by atoms with Gasteiger partial charge in [0.25, 0.3) is 0 Å². The second-order valence-electron chi connectivity index (χ2n) is 4.48. The van der Waals surface area contributed by atoms with Gasteiger partial charge in [0, 0.05) is 5.69 Å². The third-order valence-electron chi connectivity index (χ3n) is 2.89. The zero-order valence-electron chi connectivity index (χ0n) is 11.3. The largest absolute Gasteiger partial charge is 0.331 e. The van der Waals surface area contributed by atoms with Gasteiger partial charge >= 0.3 is 0 Å². The lowest BCUT2D eigenvalue weighted by Crippen LogP contribution is -2.33. The summed E-state index contributed by atoms with van der Waals surface area (Å²) >= 11 is 5.15. The molecule has 3 N–H and O–H groups in total. The fraction of sp³-hybridized carbons (Fsp3) is 0.133. The van der Waals surface area contributed by atoms with Gasteiger partial charge < -0.3 is 5.32 Å². The number of nitrogens with one attached hydrogen (secondary N) is 3. The lowest BCUT2D eigenvalue weighted by Gasteiger charge is -2.14. The Labute approximate surface area is 123 Å². The van der Waals surface area contributed by atoms with Gasteiger partial charge in [-0.1, -0.05) is 24.3 Å². The Morgan fingerprint density at radius 1 is 1.05 bits per heavy atom. The van der Waals surface area contributed by atoms with Crippen molar-refractivity contribution < 1.29 is 4.39 Å². The molecule has 0 amide bonds. The molecule has 0 atom stereocenters. The van der Waals surface area contributed by atoms with Crippen LogP contribution in [0.1, 0.15) is 11.1 Å². The van der Waals surface area contributed by atoms with Gasteiger partial charge in [0.2, 0.25) is 0 Å². The van der Waals surface area contributed by atoms with Crippen LogP contribution in [-0.4, -0.2) is 5.11 Å². The summed E-state index contributed by atoms with van der Waals surface area (Å²) in [7, 11) is 0. The molecular weight excluding hydrogens is 273 g/mol.